The number of hydrogen-bond acceptors (Lipinski definition) is 1. The van der Waals surface area contributed by atoms with Gasteiger partial charge >= 0.3 is 0 Å². The van der Waals surface area contributed by atoms with Crippen molar-refractivity contribution >= 4 is 22.6 Å². The first-order chi connectivity index (χ1) is 13.8. The van der Waals surface area contributed by atoms with Crippen LogP contribution in [0.4, 0.5) is 0 Å². The molecular weight excluding hydrogens is 340 g/mol. The molecule has 0 saturated heterocycles. The first-order valence-corrected chi connectivity index (χ1v) is 9.66. The molecule has 0 amide bonds. The van der Waals surface area contributed by atoms with Crippen molar-refractivity contribution in [1.29, 1.82) is 0 Å². The van der Waals surface area contributed by atoms with Gasteiger partial charge in [-0.2, -0.15) is 0 Å². The summed E-state index contributed by atoms with van der Waals surface area (Å²) in [5.74, 6) is -0.0208. The summed E-state index contributed by atoms with van der Waals surface area (Å²) in [5.41, 5.74) is 4.19. The van der Waals surface area contributed by atoms with E-state index in [-0.39, 0.29) is 17.6 Å². The number of Topliss-reactive ketones (excluding diaryl/α,β-unsaturated/α-hetero) is 1. The smallest absolute Gasteiger partial charge is 0.171 e. The standard InChI is InChI=1S/C27H20O/c28-27(21-10-2-1-3-11-21)26-24-13-7-6-9-20(24)16-17-25(26)23-15-14-19-8-4-5-12-22(19)18-23/h1-18,25-26H/t25-,26+/m1/s1. The second-order valence-electron chi connectivity index (χ2n) is 7.33. The van der Waals surface area contributed by atoms with Crippen LogP contribution in [0.1, 0.15) is 38.9 Å². The molecule has 1 aliphatic rings. The summed E-state index contributed by atoms with van der Waals surface area (Å²) in [6.45, 7) is 0. The zero-order valence-corrected chi connectivity index (χ0v) is 15.5. The highest BCUT2D eigenvalue weighted by Gasteiger charge is 2.33. The number of fused-ring (bicyclic) bond motifs is 2. The molecule has 28 heavy (non-hydrogen) atoms. The van der Waals surface area contributed by atoms with Crippen molar-refractivity contribution in [3.8, 4) is 0 Å². The fourth-order valence-electron chi connectivity index (χ4n) is 4.26. The summed E-state index contributed by atoms with van der Waals surface area (Å²) in [6.07, 6.45) is 4.35. The van der Waals surface area contributed by atoms with Crippen molar-refractivity contribution in [3.63, 3.8) is 0 Å². The minimum Gasteiger partial charge on any atom is -0.293 e. The largest absolute Gasteiger partial charge is 0.293 e. The van der Waals surface area contributed by atoms with Gasteiger partial charge in [-0.15, -0.1) is 0 Å². The summed E-state index contributed by atoms with van der Waals surface area (Å²) < 4.78 is 0. The van der Waals surface area contributed by atoms with Gasteiger partial charge in [-0.05, 0) is 27.5 Å². The zero-order chi connectivity index (χ0) is 18.9. The molecule has 134 valence electrons. The maximum Gasteiger partial charge on any atom is 0.171 e. The van der Waals surface area contributed by atoms with Gasteiger partial charge in [0, 0.05) is 11.5 Å². The van der Waals surface area contributed by atoms with Crippen LogP contribution in [0, 0.1) is 0 Å². The number of allylic oxidation sites excluding steroid dienone is 1. The monoisotopic (exact) mass is 360 g/mol. The second-order valence-corrected chi connectivity index (χ2v) is 7.33. The topological polar surface area (TPSA) is 17.1 Å². The van der Waals surface area contributed by atoms with Gasteiger partial charge in [0.25, 0.3) is 0 Å². The van der Waals surface area contributed by atoms with Gasteiger partial charge in [0.2, 0.25) is 0 Å². The Balaban J connectivity index is 1.65. The highest BCUT2D eigenvalue weighted by molar-refractivity contribution is 6.03. The van der Waals surface area contributed by atoms with Crippen LogP contribution in [0.3, 0.4) is 0 Å². The molecule has 0 heterocycles. The third kappa shape index (κ3) is 2.86. The molecule has 0 radical (unpaired) electrons. The third-order valence-corrected chi connectivity index (χ3v) is 5.67. The van der Waals surface area contributed by atoms with E-state index in [1.165, 1.54) is 16.3 Å². The number of benzene rings is 4. The van der Waals surface area contributed by atoms with Gasteiger partial charge in [-0.25, -0.2) is 0 Å². The molecule has 4 aromatic carbocycles. The summed E-state index contributed by atoms with van der Waals surface area (Å²) in [4.78, 5) is 13.6. The minimum absolute atomic E-state index is 0.0206. The Labute approximate surface area is 165 Å². The molecule has 1 aliphatic carbocycles. The van der Waals surface area contributed by atoms with Gasteiger partial charge in [0.05, 0.1) is 5.92 Å². The SMILES string of the molecule is O=C(c1ccccc1)[C@H]1c2ccccc2C=C[C@@H]1c1ccc2ccccc2c1. The fourth-order valence-corrected chi connectivity index (χ4v) is 4.26. The summed E-state index contributed by atoms with van der Waals surface area (Å²) in [7, 11) is 0. The van der Waals surface area contributed by atoms with E-state index in [4.69, 9.17) is 0 Å². The molecule has 0 unspecified atom stereocenters. The first-order valence-electron chi connectivity index (χ1n) is 9.66. The van der Waals surface area contributed by atoms with Gasteiger partial charge in [-0.1, -0.05) is 109 Å². The molecular formula is C27H20O. The average Bonchev–Trinajstić information content (AvgIpc) is 2.78. The van der Waals surface area contributed by atoms with E-state index in [0.29, 0.717) is 0 Å². The lowest BCUT2D eigenvalue weighted by Crippen LogP contribution is -2.22. The molecule has 0 saturated carbocycles. The van der Waals surface area contributed by atoms with Crippen LogP contribution < -0.4 is 0 Å². The van der Waals surface area contributed by atoms with Crippen molar-refractivity contribution in [1.82, 2.24) is 0 Å². The third-order valence-electron chi connectivity index (χ3n) is 5.67. The molecule has 0 bridgehead atoms. The fraction of sp³-hybridized carbons (Fsp3) is 0.0741. The van der Waals surface area contributed by atoms with Crippen LogP contribution in [-0.2, 0) is 0 Å². The molecule has 0 fully saturated rings. The van der Waals surface area contributed by atoms with E-state index in [9.17, 15) is 4.79 Å². The van der Waals surface area contributed by atoms with Crippen LogP contribution >= 0.6 is 0 Å². The van der Waals surface area contributed by atoms with E-state index in [1.54, 1.807) is 0 Å². The maximum absolute atomic E-state index is 13.6. The molecule has 5 rings (SSSR count). The second kappa shape index (κ2) is 6.94. The van der Waals surface area contributed by atoms with E-state index in [1.807, 2.05) is 42.5 Å². The Morgan fingerprint density at radius 2 is 1.39 bits per heavy atom. The van der Waals surface area contributed by atoms with E-state index in [0.717, 1.165) is 16.7 Å². The lowest BCUT2D eigenvalue weighted by molar-refractivity contribution is 0.0952. The van der Waals surface area contributed by atoms with E-state index in [2.05, 4.69) is 66.7 Å². The molecule has 1 heteroatoms. The molecule has 0 spiro atoms. The normalized spacial score (nSPS) is 18.0. The average molecular weight is 360 g/mol. The van der Waals surface area contributed by atoms with Gasteiger partial charge < -0.3 is 0 Å². The lowest BCUT2D eigenvalue weighted by atomic mass is 9.72. The van der Waals surface area contributed by atoms with Crippen molar-refractivity contribution in [2.24, 2.45) is 0 Å². The summed E-state index contributed by atoms with van der Waals surface area (Å²) in [5, 5.41) is 2.43. The van der Waals surface area contributed by atoms with Crippen molar-refractivity contribution < 1.29 is 4.79 Å². The Morgan fingerprint density at radius 1 is 0.679 bits per heavy atom. The van der Waals surface area contributed by atoms with Crippen LogP contribution in [0.2, 0.25) is 0 Å². The summed E-state index contributed by atoms with van der Waals surface area (Å²) in [6, 6.07) is 32.8. The Morgan fingerprint density at radius 3 is 2.25 bits per heavy atom. The number of rotatable bonds is 3. The highest BCUT2D eigenvalue weighted by atomic mass is 16.1. The van der Waals surface area contributed by atoms with Gasteiger partial charge in [-0.3, -0.25) is 4.79 Å². The molecule has 0 aromatic heterocycles. The van der Waals surface area contributed by atoms with E-state index >= 15 is 0 Å². The van der Waals surface area contributed by atoms with Crippen molar-refractivity contribution in [3.05, 3.63) is 125 Å². The molecule has 2 atom stereocenters. The zero-order valence-electron chi connectivity index (χ0n) is 15.5. The van der Waals surface area contributed by atoms with Crippen LogP contribution in [0.15, 0.2) is 103 Å². The number of carbonyl (C=O) groups excluding carboxylic acids is 1. The lowest BCUT2D eigenvalue weighted by Gasteiger charge is -2.29. The Kier molecular flexibility index (Phi) is 4.14. The quantitative estimate of drug-likeness (QED) is 0.375. The van der Waals surface area contributed by atoms with Crippen LogP contribution in [-0.4, -0.2) is 5.78 Å². The van der Waals surface area contributed by atoms with E-state index < -0.39 is 0 Å². The highest BCUT2D eigenvalue weighted by Crippen LogP contribution is 2.42. The molecule has 4 aromatic rings. The van der Waals surface area contributed by atoms with Gasteiger partial charge in [0.1, 0.15) is 0 Å². The minimum atomic E-state index is -0.218. The maximum atomic E-state index is 13.6. The van der Waals surface area contributed by atoms with Crippen molar-refractivity contribution in [2.45, 2.75) is 11.8 Å². The number of carbonyl (C=O) groups is 1. The first kappa shape index (κ1) is 16.7. The Bertz CT molecular complexity index is 1190. The van der Waals surface area contributed by atoms with Gasteiger partial charge in [0.15, 0.2) is 5.78 Å². The summed E-state index contributed by atoms with van der Waals surface area (Å²) >= 11 is 0. The van der Waals surface area contributed by atoms with Crippen molar-refractivity contribution in [2.75, 3.05) is 0 Å². The molecule has 0 N–H and O–H groups in total. The number of ketones is 1. The molecule has 0 aliphatic heterocycles. The Hall–Kier alpha value is -3.45. The number of hydrogen-bond donors (Lipinski definition) is 0. The molecule has 1 nitrogen and oxygen atoms in total. The van der Waals surface area contributed by atoms with Crippen LogP contribution in [0.25, 0.3) is 16.8 Å². The predicted octanol–water partition coefficient (Wildman–Crippen LogP) is 6.62. The van der Waals surface area contributed by atoms with Crippen LogP contribution in [0.5, 0.6) is 0 Å². The predicted molar refractivity (Wildman–Crippen MR) is 116 cm³/mol.